The van der Waals surface area contributed by atoms with Crippen LogP contribution in [0.15, 0.2) is 41.3 Å². The van der Waals surface area contributed by atoms with E-state index in [4.69, 9.17) is 11.6 Å². The van der Waals surface area contributed by atoms with Crippen LogP contribution in [0, 0.1) is 13.8 Å². The highest BCUT2D eigenvalue weighted by Gasteiger charge is 2.22. The minimum atomic E-state index is -3.63. The molecule has 0 radical (unpaired) electrons. The second-order valence-corrected chi connectivity index (χ2v) is 9.33. The predicted octanol–water partition coefficient (Wildman–Crippen LogP) is 3.60. The summed E-state index contributed by atoms with van der Waals surface area (Å²) in [6.45, 7) is 3.83. The van der Waals surface area contributed by atoms with Crippen LogP contribution in [-0.2, 0) is 10.0 Å². The lowest BCUT2D eigenvalue weighted by molar-refractivity contribution is 0.299. The number of likely N-dealkylation sites (N-methyl/N-ethyl adjacent to an activating group) is 1. The summed E-state index contributed by atoms with van der Waals surface area (Å²) >= 11 is 6.09. The first kappa shape index (κ1) is 21.7. The maximum absolute atomic E-state index is 12.8. The number of sulfonamides is 1. The van der Waals surface area contributed by atoms with Gasteiger partial charge in [0.25, 0.3) is 0 Å². The first-order valence-electron chi connectivity index (χ1n) is 8.73. The zero-order valence-electron chi connectivity index (χ0n) is 16.7. The van der Waals surface area contributed by atoms with E-state index >= 15 is 0 Å². The summed E-state index contributed by atoms with van der Waals surface area (Å²) in [6.07, 6.45) is 0. The van der Waals surface area contributed by atoms with Crippen molar-refractivity contribution in [3.63, 3.8) is 0 Å². The standard InChI is InChI=1S/C20H28ClN3O2S/c1-14-12-20(15(2)11-18(14)21)27(25,26)22-13-19(24(5)6)16-7-9-17(10-8-16)23(3)4/h7-12,19,22H,13H2,1-6H3. The van der Waals surface area contributed by atoms with E-state index in [0.717, 1.165) is 16.8 Å². The number of benzene rings is 2. The van der Waals surface area contributed by atoms with Crippen molar-refractivity contribution in [1.29, 1.82) is 0 Å². The molecule has 1 N–H and O–H groups in total. The number of anilines is 1. The Labute approximate surface area is 168 Å². The fraction of sp³-hybridized carbons (Fsp3) is 0.400. The molecule has 0 aliphatic carbocycles. The van der Waals surface area contributed by atoms with E-state index in [2.05, 4.69) is 4.72 Å². The molecular weight excluding hydrogens is 382 g/mol. The molecule has 5 nitrogen and oxygen atoms in total. The monoisotopic (exact) mass is 409 g/mol. The minimum absolute atomic E-state index is 0.0790. The summed E-state index contributed by atoms with van der Waals surface area (Å²) in [5.41, 5.74) is 3.53. The third-order valence-corrected chi connectivity index (χ3v) is 6.60. The average molecular weight is 410 g/mol. The van der Waals surface area contributed by atoms with E-state index in [1.54, 1.807) is 26.0 Å². The number of hydrogen-bond donors (Lipinski definition) is 1. The summed E-state index contributed by atoms with van der Waals surface area (Å²) < 4.78 is 28.4. The summed E-state index contributed by atoms with van der Waals surface area (Å²) in [5.74, 6) is 0. The van der Waals surface area contributed by atoms with E-state index in [1.165, 1.54) is 0 Å². The summed E-state index contributed by atoms with van der Waals surface area (Å²) in [4.78, 5) is 4.31. The van der Waals surface area contributed by atoms with Crippen molar-refractivity contribution in [2.45, 2.75) is 24.8 Å². The number of nitrogens with one attached hydrogen (secondary N) is 1. The van der Waals surface area contributed by atoms with E-state index in [-0.39, 0.29) is 17.5 Å². The van der Waals surface area contributed by atoms with Crippen LogP contribution in [0.1, 0.15) is 22.7 Å². The van der Waals surface area contributed by atoms with Crippen LogP contribution in [0.5, 0.6) is 0 Å². The lowest BCUT2D eigenvalue weighted by Crippen LogP contribution is -2.34. The number of nitrogens with zero attached hydrogens (tertiary/aromatic N) is 2. The summed E-state index contributed by atoms with van der Waals surface area (Å²) in [6, 6.07) is 11.4. The SMILES string of the molecule is Cc1cc(S(=O)(=O)NCC(c2ccc(N(C)C)cc2)N(C)C)c(C)cc1Cl. The second kappa shape index (κ2) is 8.61. The lowest BCUT2D eigenvalue weighted by Gasteiger charge is -2.26. The lowest BCUT2D eigenvalue weighted by atomic mass is 10.1. The Hall–Kier alpha value is -1.60. The van der Waals surface area contributed by atoms with Gasteiger partial charge in [-0.05, 0) is 68.9 Å². The maximum Gasteiger partial charge on any atom is 0.240 e. The first-order valence-corrected chi connectivity index (χ1v) is 10.6. The zero-order valence-corrected chi connectivity index (χ0v) is 18.3. The Morgan fingerprint density at radius 3 is 2.11 bits per heavy atom. The molecular formula is C20H28ClN3O2S. The molecule has 0 spiro atoms. The third kappa shape index (κ3) is 5.23. The van der Waals surface area contributed by atoms with Crippen molar-refractivity contribution in [3.05, 3.63) is 58.1 Å². The first-order chi connectivity index (χ1) is 12.5. The van der Waals surface area contributed by atoms with Crippen LogP contribution in [0.3, 0.4) is 0 Å². The van der Waals surface area contributed by atoms with Gasteiger partial charge in [-0.15, -0.1) is 0 Å². The van der Waals surface area contributed by atoms with Gasteiger partial charge < -0.3 is 9.80 Å². The Bertz CT molecular complexity index is 894. The van der Waals surface area contributed by atoms with Crippen LogP contribution in [-0.4, -0.2) is 48.1 Å². The smallest absolute Gasteiger partial charge is 0.240 e. The minimum Gasteiger partial charge on any atom is -0.378 e. The van der Waals surface area contributed by atoms with E-state index in [9.17, 15) is 8.42 Å². The van der Waals surface area contributed by atoms with Gasteiger partial charge in [0.15, 0.2) is 0 Å². The van der Waals surface area contributed by atoms with Gasteiger partial charge in [0.1, 0.15) is 0 Å². The second-order valence-electron chi connectivity index (χ2n) is 7.18. The summed E-state index contributed by atoms with van der Waals surface area (Å²) in [5, 5.41) is 0.568. The highest BCUT2D eigenvalue weighted by Crippen LogP contribution is 2.25. The fourth-order valence-corrected chi connectivity index (χ4v) is 4.47. The molecule has 2 aromatic rings. The normalized spacial score (nSPS) is 13.0. The topological polar surface area (TPSA) is 52.7 Å². The van der Waals surface area contributed by atoms with Crippen molar-refractivity contribution in [3.8, 4) is 0 Å². The molecule has 0 amide bonds. The van der Waals surface area contributed by atoms with E-state index in [1.807, 2.05) is 62.3 Å². The highest BCUT2D eigenvalue weighted by molar-refractivity contribution is 7.89. The molecule has 0 saturated heterocycles. The predicted molar refractivity (Wildman–Crippen MR) is 113 cm³/mol. The number of halogens is 1. The Morgan fingerprint density at radius 1 is 1.00 bits per heavy atom. The van der Waals surface area contributed by atoms with Crippen LogP contribution >= 0.6 is 11.6 Å². The fourth-order valence-electron chi connectivity index (χ4n) is 2.90. The summed E-state index contributed by atoms with van der Waals surface area (Å²) in [7, 11) is 4.23. The molecule has 2 rings (SSSR count). The molecule has 2 aromatic carbocycles. The van der Waals surface area contributed by atoms with Gasteiger partial charge in [0, 0.05) is 37.4 Å². The van der Waals surface area contributed by atoms with Crippen molar-refractivity contribution in [1.82, 2.24) is 9.62 Å². The van der Waals surface area contributed by atoms with Crippen LogP contribution in [0.4, 0.5) is 5.69 Å². The zero-order chi connectivity index (χ0) is 20.4. The molecule has 0 fully saturated rings. The van der Waals surface area contributed by atoms with E-state index < -0.39 is 10.0 Å². The van der Waals surface area contributed by atoms with Gasteiger partial charge in [-0.1, -0.05) is 23.7 Å². The van der Waals surface area contributed by atoms with Crippen molar-refractivity contribution in [2.24, 2.45) is 0 Å². The molecule has 0 aromatic heterocycles. The van der Waals surface area contributed by atoms with Gasteiger partial charge in [0.2, 0.25) is 10.0 Å². The van der Waals surface area contributed by atoms with Gasteiger partial charge in [0.05, 0.1) is 4.90 Å². The number of rotatable bonds is 7. The molecule has 0 aliphatic heterocycles. The molecule has 0 aliphatic rings. The molecule has 1 atom stereocenters. The Balaban J connectivity index is 2.24. The van der Waals surface area contributed by atoms with Crippen molar-refractivity contribution < 1.29 is 8.42 Å². The Morgan fingerprint density at radius 2 is 1.59 bits per heavy atom. The molecule has 7 heteroatoms. The van der Waals surface area contributed by atoms with Gasteiger partial charge in [-0.2, -0.15) is 0 Å². The van der Waals surface area contributed by atoms with Crippen LogP contribution in [0.25, 0.3) is 0 Å². The Kier molecular flexibility index (Phi) is 6.92. The van der Waals surface area contributed by atoms with Gasteiger partial charge >= 0.3 is 0 Å². The molecule has 1 unspecified atom stereocenters. The van der Waals surface area contributed by atoms with Crippen LogP contribution < -0.4 is 9.62 Å². The molecule has 27 heavy (non-hydrogen) atoms. The number of hydrogen-bond acceptors (Lipinski definition) is 4. The van der Waals surface area contributed by atoms with Gasteiger partial charge in [-0.3, -0.25) is 0 Å². The molecule has 0 saturated carbocycles. The molecule has 0 bridgehead atoms. The van der Waals surface area contributed by atoms with E-state index in [0.29, 0.717) is 10.6 Å². The molecule has 0 heterocycles. The average Bonchev–Trinajstić information content (AvgIpc) is 2.58. The number of aryl methyl sites for hydroxylation is 2. The molecule has 148 valence electrons. The van der Waals surface area contributed by atoms with Gasteiger partial charge in [-0.25, -0.2) is 13.1 Å². The van der Waals surface area contributed by atoms with Crippen molar-refractivity contribution in [2.75, 3.05) is 39.6 Å². The third-order valence-electron chi connectivity index (χ3n) is 4.63. The highest BCUT2D eigenvalue weighted by atomic mass is 35.5. The van der Waals surface area contributed by atoms with Crippen LogP contribution in [0.2, 0.25) is 5.02 Å². The largest absolute Gasteiger partial charge is 0.378 e. The quantitative estimate of drug-likeness (QED) is 0.759. The van der Waals surface area contributed by atoms with Crippen molar-refractivity contribution >= 4 is 27.3 Å². The maximum atomic E-state index is 12.8.